The van der Waals surface area contributed by atoms with E-state index in [4.69, 9.17) is 14.2 Å². The predicted molar refractivity (Wildman–Crippen MR) is 98.6 cm³/mol. The lowest BCUT2D eigenvalue weighted by atomic mass is 9.67. The molecule has 152 valence electrons. The van der Waals surface area contributed by atoms with Gasteiger partial charge in [-0.2, -0.15) is 0 Å². The SMILES string of the molecule is COC(=O)c1ccc([C@H]2N[C@@H](C(=O)OC)[C@@H]3[C@H]2C(=O)C=C[C@@]32CCC(=O)O2)cc1. The topological polar surface area (TPSA) is 108 Å². The minimum Gasteiger partial charge on any atom is -0.468 e. The van der Waals surface area contributed by atoms with Crippen LogP contribution in [-0.4, -0.2) is 49.6 Å². The Morgan fingerprint density at radius 3 is 2.45 bits per heavy atom. The molecule has 2 saturated heterocycles. The maximum absolute atomic E-state index is 12.9. The molecule has 0 unspecified atom stereocenters. The molecule has 0 saturated carbocycles. The molecule has 4 rings (SSSR count). The van der Waals surface area contributed by atoms with Crippen LogP contribution in [0, 0.1) is 11.8 Å². The predicted octanol–water partition coefficient (Wildman–Crippen LogP) is 1.11. The van der Waals surface area contributed by atoms with Gasteiger partial charge in [0, 0.05) is 24.8 Å². The highest BCUT2D eigenvalue weighted by atomic mass is 16.6. The van der Waals surface area contributed by atoms with E-state index in [2.05, 4.69) is 5.32 Å². The fourth-order valence-corrected chi connectivity index (χ4v) is 4.74. The van der Waals surface area contributed by atoms with Crippen LogP contribution in [0.2, 0.25) is 0 Å². The number of ketones is 1. The van der Waals surface area contributed by atoms with Crippen LogP contribution in [0.1, 0.15) is 34.8 Å². The number of benzene rings is 1. The first kappa shape index (κ1) is 19.3. The van der Waals surface area contributed by atoms with Crippen molar-refractivity contribution in [1.29, 1.82) is 0 Å². The van der Waals surface area contributed by atoms with Gasteiger partial charge < -0.3 is 14.2 Å². The molecular formula is C21H21NO7. The highest BCUT2D eigenvalue weighted by Gasteiger charge is 2.62. The van der Waals surface area contributed by atoms with E-state index in [0.717, 1.165) is 5.56 Å². The summed E-state index contributed by atoms with van der Waals surface area (Å²) in [4.78, 5) is 49.0. The van der Waals surface area contributed by atoms with Gasteiger partial charge in [-0.3, -0.25) is 19.7 Å². The number of hydrogen-bond donors (Lipinski definition) is 1. The summed E-state index contributed by atoms with van der Waals surface area (Å²) < 4.78 is 15.3. The van der Waals surface area contributed by atoms with Crippen molar-refractivity contribution in [3.05, 3.63) is 47.5 Å². The second-order valence-electron chi connectivity index (χ2n) is 7.48. The van der Waals surface area contributed by atoms with Crippen LogP contribution in [0.5, 0.6) is 0 Å². The average Bonchev–Trinajstić information content (AvgIpc) is 3.32. The molecule has 0 amide bonds. The van der Waals surface area contributed by atoms with Crippen molar-refractivity contribution in [2.75, 3.05) is 14.2 Å². The molecule has 2 aliphatic heterocycles. The summed E-state index contributed by atoms with van der Waals surface area (Å²) >= 11 is 0. The fraction of sp³-hybridized carbons (Fsp3) is 0.429. The zero-order chi connectivity index (χ0) is 20.8. The molecular weight excluding hydrogens is 378 g/mol. The van der Waals surface area contributed by atoms with Gasteiger partial charge in [0.2, 0.25) is 0 Å². The molecule has 8 heteroatoms. The molecule has 0 radical (unpaired) electrons. The average molecular weight is 399 g/mol. The van der Waals surface area contributed by atoms with Crippen molar-refractivity contribution >= 4 is 23.7 Å². The van der Waals surface area contributed by atoms with Gasteiger partial charge in [-0.1, -0.05) is 12.1 Å². The first-order valence-corrected chi connectivity index (χ1v) is 9.37. The monoisotopic (exact) mass is 399 g/mol. The summed E-state index contributed by atoms with van der Waals surface area (Å²) in [5.74, 6) is -2.67. The second kappa shape index (κ2) is 7.11. The van der Waals surface area contributed by atoms with E-state index < -0.39 is 41.5 Å². The van der Waals surface area contributed by atoms with E-state index in [1.54, 1.807) is 30.3 Å². The van der Waals surface area contributed by atoms with E-state index in [1.807, 2.05) is 0 Å². The summed E-state index contributed by atoms with van der Waals surface area (Å²) in [6.45, 7) is 0. The Bertz CT molecular complexity index is 906. The van der Waals surface area contributed by atoms with Crippen molar-refractivity contribution in [2.45, 2.75) is 30.5 Å². The number of hydrogen-bond acceptors (Lipinski definition) is 8. The van der Waals surface area contributed by atoms with Gasteiger partial charge in [-0.05, 0) is 29.8 Å². The van der Waals surface area contributed by atoms with Gasteiger partial charge in [0.1, 0.15) is 11.6 Å². The molecule has 2 heterocycles. The Morgan fingerprint density at radius 2 is 1.86 bits per heavy atom. The summed E-state index contributed by atoms with van der Waals surface area (Å²) in [7, 11) is 2.58. The van der Waals surface area contributed by atoms with Crippen LogP contribution in [0.15, 0.2) is 36.4 Å². The first-order valence-electron chi connectivity index (χ1n) is 9.37. The smallest absolute Gasteiger partial charge is 0.337 e. The van der Waals surface area contributed by atoms with Gasteiger partial charge in [0.25, 0.3) is 0 Å². The van der Waals surface area contributed by atoms with Crippen molar-refractivity contribution in [2.24, 2.45) is 11.8 Å². The molecule has 1 spiro atoms. The Hall–Kier alpha value is -3.00. The number of ether oxygens (including phenoxy) is 3. The van der Waals surface area contributed by atoms with Gasteiger partial charge >= 0.3 is 17.9 Å². The standard InChI is InChI=1S/C21H21NO7/c1-27-19(25)12-5-3-11(4-6-12)17-15-13(23)7-9-21(10-8-14(24)29-21)16(15)18(22-17)20(26)28-2/h3-7,9,15-18,22H,8,10H2,1-2H3/t15-,16+,17-,18-,21-/m1/s1. The van der Waals surface area contributed by atoms with Crippen molar-refractivity contribution < 1.29 is 33.4 Å². The molecule has 1 aromatic carbocycles. The molecule has 2 fully saturated rings. The fourth-order valence-electron chi connectivity index (χ4n) is 4.74. The molecule has 0 aromatic heterocycles. The van der Waals surface area contributed by atoms with Gasteiger partial charge in [0.05, 0.1) is 25.7 Å². The minimum absolute atomic E-state index is 0.149. The largest absolute Gasteiger partial charge is 0.468 e. The van der Waals surface area contributed by atoms with E-state index in [-0.39, 0.29) is 18.2 Å². The summed E-state index contributed by atoms with van der Waals surface area (Å²) in [5.41, 5.74) is 0.107. The molecule has 0 bridgehead atoms. The van der Waals surface area contributed by atoms with Crippen molar-refractivity contribution in [3.8, 4) is 0 Å². The molecule has 1 aliphatic carbocycles. The lowest BCUT2D eigenvalue weighted by Crippen LogP contribution is -2.51. The summed E-state index contributed by atoms with van der Waals surface area (Å²) in [5, 5.41) is 3.22. The Morgan fingerprint density at radius 1 is 1.14 bits per heavy atom. The number of methoxy groups -OCH3 is 2. The van der Waals surface area contributed by atoms with Crippen LogP contribution in [0.4, 0.5) is 0 Å². The quantitative estimate of drug-likeness (QED) is 0.595. The molecule has 29 heavy (non-hydrogen) atoms. The third kappa shape index (κ3) is 3.04. The van der Waals surface area contributed by atoms with Crippen molar-refractivity contribution in [1.82, 2.24) is 5.32 Å². The summed E-state index contributed by atoms with van der Waals surface area (Å²) in [6, 6.07) is 5.36. The minimum atomic E-state index is -1.01. The summed E-state index contributed by atoms with van der Waals surface area (Å²) in [6.07, 6.45) is 3.69. The number of esters is 3. The highest BCUT2D eigenvalue weighted by Crippen LogP contribution is 2.51. The lowest BCUT2D eigenvalue weighted by Gasteiger charge is -2.39. The molecule has 1 aromatic rings. The third-order valence-corrected chi connectivity index (χ3v) is 6.06. The maximum atomic E-state index is 12.9. The second-order valence-corrected chi connectivity index (χ2v) is 7.48. The Kier molecular flexibility index (Phi) is 4.74. The molecule has 8 nitrogen and oxygen atoms in total. The Labute approximate surface area is 167 Å². The molecule has 5 atom stereocenters. The van der Waals surface area contributed by atoms with Crippen LogP contribution < -0.4 is 5.32 Å². The first-order chi connectivity index (χ1) is 13.9. The third-order valence-electron chi connectivity index (χ3n) is 6.06. The van der Waals surface area contributed by atoms with Crippen LogP contribution >= 0.6 is 0 Å². The van der Waals surface area contributed by atoms with Crippen molar-refractivity contribution in [3.63, 3.8) is 0 Å². The van der Waals surface area contributed by atoms with E-state index in [9.17, 15) is 19.2 Å². The maximum Gasteiger partial charge on any atom is 0.337 e. The van der Waals surface area contributed by atoms with Gasteiger partial charge in [-0.25, -0.2) is 4.79 Å². The zero-order valence-electron chi connectivity index (χ0n) is 16.0. The number of allylic oxidation sites excluding steroid dienone is 1. The molecule has 1 N–H and O–H groups in total. The van der Waals surface area contributed by atoms with E-state index in [1.165, 1.54) is 20.3 Å². The van der Waals surface area contributed by atoms with E-state index >= 15 is 0 Å². The number of carbonyl (C=O) groups is 4. The highest BCUT2D eigenvalue weighted by molar-refractivity contribution is 5.96. The van der Waals surface area contributed by atoms with Crippen LogP contribution in [0.25, 0.3) is 0 Å². The van der Waals surface area contributed by atoms with E-state index in [0.29, 0.717) is 12.0 Å². The van der Waals surface area contributed by atoms with Crippen LogP contribution in [0.3, 0.4) is 0 Å². The zero-order valence-corrected chi connectivity index (χ0v) is 16.0. The number of fused-ring (bicyclic) bond motifs is 2. The number of carbonyl (C=O) groups excluding carboxylic acids is 4. The molecule has 3 aliphatic rings. The van der Waals surface area contributed by atoms with Gasteiger partial charge in [-0.15, -0.1) is 0 Å². The normalized spacial score (nSPS) is 32.8. The van der Waals surface area contributed by atoms with Crippen LogP contribution in [-0.2, 0) is 28.6 Å². The number of nitrogens with one attached hydrogen (secondary N) is 1. The van der Waals surface area contributed by atoms with Gasteiger partial charge in [0.15, 0.2) is 5.78 Å². The lowest BCUT2D eigenvalue weighted by molar-refractivity contribution is -0.157. The Balaban J connectivity index is 1.74. The number of rotatable bonds is 3.